The van der Waals surface area contributed by atoms with E-state index in [0.29, 0.717) is 13.0 Å². The van der Waals surface area contributed by atoms with Crippen molar-refractivity contribution in [3.05, 3.63) is 0 Å². The predicted molar refractivity (Wildman–Crippen MR) is 56.2 cm³/mol. The molecule has 0 aromatic heterocycles. The van der Waals surface area contributed by atoms with Gasteiger partial charge in [-0.3, -0.25) is 4.18 Å². The van der Waals surface area contributed by atoms with Gasteiger partial charge in [-0.1, -0.05) is 0 Å². The van der Waals surface area contributed by atoms with E-state index in [1.807, 2.05) is 6.92 Å². The zero-order chi connectivity index (χ0) is 11.6. The van der Waals surface area contributed by atoms with Crippen LogP contribution in [0.25, 0.3) is 0 Å². The molecule has 1 fully saturated rings. The van der Waals surface area contributed by atoms with Crippen LogP contribution in [0.15, 0.2) is 0 Å². The van der Waals surface area contributed by atoms with Gasteiger partial charge >= 0.3 is 6.09 Å². The van der Waals surface area contributed by atoms with Crippen LogP contribution in [0.3, 0.4) is 0 Å². The maximum Gasteiger partial charge on any atom is 0.424 e. The van der Waals surface area contributed by atoms with Crippen molar-refractivity contribution in [1.29, 1.82) is 0 Å². The van der Waals surface area contributed by atoms with Gasteiger partial charge in [-0.15, -0.1) is 0 Å². The fraction of sp³-hybridized carbons (Fsp3) is 0.889. The lowest BCUT2D eigenvalue weighted by atomic mass is 10.2. The molecule has 0 aromatic rings. The molecule has 0 saturated carbocycles. The summed E-state index contributed by atoms with van der Waals surface area (Å²) in [5.74, 6) is 0. The summed E-state index contributed by atoms with van der Waals surface area (Å²) in [4.78, 5) is 11.6. The van der Waals surface area contributed by atoms with Gasteiger partial charge in [0.1, 0.15) is 5.60 Å². The molecule has 0 spiro atoms. The van der Waals surface area contributed by atoms with Gasteiger partial charge in [0.15, 0.2) is 0 Å². The van der Waals surface area contributed by atoms with Gasteiger partial charge in [-0.25, -0.2) is 13.3 Å². The van der Waals surface area contributed by atoms with E-state index in [1.54, 1.807) is 20.8 Å². The van der Waals surface area contributed by atoms with Crippen LogP contribution in [0.5, 0.6) is 0 Å². The first-order chi connectivity index (χ1) is 6.79. The molecular weight excluding hydrogens is 218 g/mol. The van der Waals surface area contributed by atoms with E-state index >= 15 is 0 Å². The lowest BCUT2D eigenvalue weighted by Crippen LogP contribution is -2.43. The minimum Gasteiger partial charge on any atom is -0.443 e. The van der Waals surface area contributed by atoms with Crippen molar-refractivity contribution in [3.63, 3.8) is 0 Å². The average molecular weight is 235 g/mol. The first-order valence-corrected chi connectivity index (χ1v) is 5.92. The van der Waals surface area contributed by atoms with E-state index in [9.17, 15) is 9.00 Å². The van der Waals surface area contributed by atoms with E-state index < -0.39 is 23.0 Å². The third-order valence-corrected chi connectivity index (χ3v) is 2.95. The van der Waals surface area contributed by atoms with Gasteiger partial charge in [0.05, 0.1) is 6.10 Å². The fourth-order valence-electron chi connectivity index (χ4n) is 1.08. The fourth-order valence-corrected chi connectivity index (χ4v) is 1.97. The Morgan fingerprint density at radius 2 is 2.13 bits per heavy atom. The summed E-state index contributed by atoms with van der Waals surface area (Å²) in [6.45, 7) is 7.52. The number of rotatable bonds is 0. The molecule has 0 N–H and O–H groups in total. The third-order valence-electron chi connectivity index (χ3n) is 1.76. The summed E-state index contributed by atoms with van der Waals surface area (Å²) < 4.78 is 22.7. The molecule has 5 nitrogen and oxygen atoms in total. The third kappa shape index (κ3) is 3.79. The number of hydrogen-bond acceptors (Lipinski definition) is 4. The molecule has 15 heavy (non-hydrogen) atoms. The second kappa shape index (κ2) is 4.49. The van der Waals surface area contributed by atoms with Crippen LogP contribution in [0.2, 0.25) is 0 Å². The highest BCUT2D eigenvalue weighted by Gasteiger charge is 2.31. The van der Waals surface area contributed by atoms with E-state index in [4.69, 9.17) is 8.92 Å². The summed E-state index contributed by atoms with van der Waals surface area (Å²) in [6, 6.07) is 0. The molecule has 1 heterocycles. The van der Waals surface area contributed by atoms with Crippen LogP contribution < -0.4 is 0 Å². The van der Waals surface area contributed by atoms with Crippen molar-refractivity contribution in [2.75, 3.05) is 6.54 Å². The number of carbonyl (C=O) groups is 1. The largest absolute Gasteiger partial charge is 0.443 e. The molecular formula is C9H17NO4S. The van der Waals surface area contributed by atoms with E-state index in [0.717, 1.165) is 4.31 Å². The van der Waals surface area contributed by atoms with Crippen LogP contribution in [0, 0.1) is 0 Å². The Labute approximate surface area is 92.5 Å². The molecule has 88 valence electrons. The first-order valence-electron chi connectivity index (χ1n) is 4.89. The molecule has 1 rings (SSSR count). The number of hydrogen-bond donors (Lipinski definition) is 0. The number of ether oxygens (including phenoxy) is 1. The maximum absolute atomic E-state index is 11.6. The molecule has 1 unspecified atom stereocenters. The van der Waals surface area contributed by atoms with Crippen molar-refractivity contribution in [2.24, 2.45) is 0 Å². The summed E-state index contributed by atoms with van der Waals surface area (Å²) in [5, 5.41) is 0. The van der Waals surface area contributed by atoms with Gasteiger partial charge < -0.3 is 4.74 Å². The average Bonchev–Trinajstić information content (AvgIpc) is 1.99. The SMILES string of the molecule is C[C@@H]1CCN(C(=O)OC(C)(C)C)S(=O)O1. The molecule has 0 aliphatic carbocycles. The van der Waals surface area contributed by atoms with Crippen LogP contribution in [0.4, 0.5) is 4.79 Å². The molecule has 1 aliphatic rings. The number of carbonyl (C=O) groups excluding carboxylic acids is 1. The monoisotopic (exact) mass is 235 g/mol. The first kappa shape index (κ1) is 12.4. The molecule has 0 aromatic carbocycles. The topological polar surface area (TPSA) is 55.8 Å². The quantitative estimate of drug-likeness (QED) is 0.640. The highest BCUT2D eigenvalue weighted by molar-refractivity contribution is 7.78. The minimum atomic E-state index is -1.71. The highest BCUT2D eigenvalue weighted by atomic mass is 32.2. The zero-order valence-electron chi connectivity index (χ0n) is 9.48. The van der Waals surface area contributed by atoms with E-state index in [2.05, 4.69) is 0 Å². The Kier molecular flexibility index (Phi) is 3.72. The second-order valence-electron chi connectivity index (χ2n) is 4.50. The molecule has 1 amide bonds. The maximum atomic E-state index is 11.6. The van der Waals surface area contributed by atoms with Crippen molar-refractivity contribution in [1.82, 2.24) is 4.31 Å². The molecule has 0 bridgehead atoms. The Morgan fingerprint density at radius 3 is 2.60 bits per heavy atom. The summed E-state index contributed by atoms with van der Waals surface area (Å²) in [5.41, 5.74) is -0.579. The van der Waals surface area contributed by atoms with Crippen molar-refractivity contribution < 1.29 is 17.9 Å². The minimum absolute atomic E-state index is 0.0791. The molecule has 1 aliphatic heterocycles. The van der Waals surface area contributed by atoms with Crippen LogP contribution in [0.1, 0.15) is 34.1 Å². The van der Waals surface area contributed by atoms with Gasteiger partial charge in [-0.05, 0) is 34.1 Å². The zero-order valence-corrected chi connectivity index (χ0v) is 10.3. The smallest absolute Gasteiger partial charge is 0.424 e. The predicted octanol–water partition coefficient (Wildman–Crippen LogP) is 1.61. The Balaban J connectivity index is 2.57. The van der Waals surface area contributed by atoms with Gasteiger partial charge in [0.2, 0.25) is 0 Å². The Bertz CT molecular complexity index is 274. The van der Waals surface area contributed by atoms with Crippen LogP contribution in [-0.4, -0.2) is 32.9 Å². The molecule has 0 radical (unpaired) electrons. The van der Waals surface area contributed by atoms with Gasteiger partial charge in [-0.2, -0.15) is 0 Å². The number of amides is 1. The Morgan fingerprint density at radius 1 is 1.53 bits per heavy atom. The molecule has 2 atom stereocenters. The number of nitrogens with zero attached hydrogens (tertiary/aromatic N) is 1. The lowest BCUT2D eigenvalue weighted by molar-refractivity contribution is 0.0328. The van der Waals surface area contributed by atoms with Gasteiger partial charge in [0, 0.05) is 6.54 Å². The van der Waals surface area contributed by atoms with Crippen LogP contribution in [-0.2, 0) is 20.2 Å². The lowest BCUT2D eigenvalue weighted by Gasteiger charge is -2.30. The molecule has 6 heteroatoms. The highest BCUT2D eigenvalue weighted by Crippen LogP contribution is 2.17. The van der Waals surface area contributed by atoms with Crippen molar-refractivity contribution in [2.45, 2.75) is 45.8 Å². The summed E-state index contributed by atoms with van der Waals surface area (Å²) in [7, 11) is 0. The second-order valence-corrected chi connectivity index (χ2v) is 5.56. The van der Waals surface area contributed by atoms with Crippen molar-refractivity contribution >= 4 is 17.4 Å². The standard InChI is InChI=1S/C9H17NO4S/c1-7-5-6-10(15(12)14-7)8(11)13-9(2,3)4/h7H,5-6H2,1-4H3/t7-,15?/m1/s1. The van der Waals surface area contributed by atoms with E-state index in [1.165, 1.54) is 0 Å². The normalized spacial score (nSPS) is 27.6. The van der Waals surface area contributed by atoms with E-state index in [-0.39, 0.29) is 6.10 Å². The molecule has 1 saturated heterocycles. The van der Waals surface area contributed by atoms with Gasteiger partial charge in [0.25, 0.3) is 11.3 Å². The summed E-state index contributed by atoms with van der Waals surface area (Å²) >= 11 is -1.71. The summed E-state index contributed by atoms with van der Waals surface area (Å²) in [6.07, 6.45) is 0.00240. The van der Waals surface area contributed by atoms with Crippen LogP contribution >= 0.6 is 0 Å². The Hall–Kier alpha value is -0.620. The van der Waals surface area contributed by atoms with Crippen molar-refractivity contribution in [3.8, 4) is 0 Å².